The maximum Gasteiger partial charge on any atom is 0.345 e. The van der Waals surface area contributed by atoms with Gasteiger partial charge in [-0.15, -0.1) is 0 Å². The third-order valence-corrected chi connectivity index (χ3v) is 5.28. The van der Waals surface area contributed by atoms with Crippen molar-refractivity contribution in [2.45, 2.75) is 11.5 Å². The van der Waals surface area contributed by atoms with Crippen molar-refractivity contribution in [3.8, 4) is 11.8 Å². The van der Waals surface area contributed by atoms with Gasteiger partial charge in [-0.1, -0.05) is 11.6 Å². The third-order valence-electron chi connectivity index (χ3n) is 3.67. The van der Waals surface area contributed by atoms with Crippen LogP contribution in [0.5, 0.6) is 11.8 Å². The molecule has 0 radical (unpaired) electrons. The highest BCUT2D eigenvalue weighted by Crippen LogP contribution is 2.31. The molecule has 0 aliphatic carbocycles. The molecule has 3 aromatic rings. The fourth-order valence-corrected chi connectivity index (χ4v) is 3.80. The van der Waals surface area contributed by atoms with Crippen LogP contribution in [0.15, 0.2) is 29.3 Å². The molecule has 9 nitrogen and oxygen atoms in total. The molecule has 0 aromatic carbocycles. The third kappa shape index (κ3) is 4.86. The number of nitrogens with one attached hydrogen (secondary N) is 2. The summed E-state index contributed by atoms with van der Waals surface area (Å²) in [4.78, 5) is 10.2. The lowest BCUT2D eigenvalue weighted by molar-refractivity contribution is -0.133. The number of fused-ring (bicyclic) bond motifs is 1. The first-order chi connectivity index (χ1) is 14.2. The number of nitrogens with zero attached hydrogens (tertiary/aromatic N) is 2. The summed E-state index contributed by atoms with van der Waals surface area (Å²) in [5.41, 5.74) is -0.0589. The van der Waals surface area contributed by atoms with Crippen LogP contribution in [0.2, 0.25) is 5.15 Å². The Bertz CT molecular complexity index is 1160. The predicted octanol–water partition coefficient (Wildman–Crippen LogP) is 3.18. The zero-order valence-corrected chi connectivity index (χ0v) is 16.7. The van der Waals surface area contributed by atoms with Crippen LogP contribution in [0, 0.1) is 5.82 Å². The van der Waals surface area contributed by atoms with Gasteiger partial charge in [-0.2, -0.15) is 13.8 Å². The van der Waals surface area contributed by atoms with Gasteiger partial charge >= 0.3 is 6.61 Å². The highest BCUT2D eigenvalue weighted by Gasteiger charge is 2.23. The molecule has 0 saturated heterocycles. The van der Waals surface area contributed by atoms with E-state index in [4.69, 9.17) is 21.1 Å². The summed E-state index contributed by atoms with van der Waals surface area (Å²) < 4.78 is 79.8. The lowest BCUT2D eigenvalue weighted by Crippen LogP contribution is -2.15. The first-order valence-electron chi connectivity index (χ1n) is 8.15. The number of alkyl halides is 2. The van der Waals surface area contributed by atoms with Crippen molar-refractivity contribution in [2.24, 2.45) is 0 Å². The van der Waals surface area contributed by atoms with Crippen LogP contribution in [0.4, 0.5) is 18.9 Å². The summed E-state index contributed by atoms with van der Waals surface area (Å²) in [6.07, 6.45) is 1.20. The Morgan fingerprint density at radius 3 is 2.70 bits per heavy atom. The number of H-pyrrole nitrogens is 1. The lowest BCUT2D eigenvalue weighted by Gasteiger charge is -2.13. The molecule has 2 N–H and O–H groups in total. The smallest absolute Gasteiger partial charge is 0.345 e. The second-order valence-electron chi connectivity index (χ2n) is 5.60. The summed E-state index contributed by atoms with van der Waals surface area (Å²) in [6, 6.07) is 3.67. The molecule has 162 valence electrons. The van der Waals surface area contributed by atoms with E-state index >= 15 is 0 Å². The van der Waals surface area contributed by atoms with Crippen molar-refractivity contribution in [2.75, 3.05) is 25.0 Å². The molecule has 14 heteroatoms. The molecule has 3 heterocycles. The lowest BCUT2D eigenvalue weighted by atomic mass is 10.3. The Morgan fingerprint density at radius 2 is 2.00 bits per heavy atom. The van der Waals surface area contributed by atoms with Gasteiger partial charge in [-0.05, 0) is 12.1 Å². The van der Waals surface area contributed by atoms with Gasteiger partial charge in [0.15, 0.2) is 5.82 Å². The molecule has 0 atom stereocenters. The number of anilines is 1. The van der Waals surface area contributed by atoms with Crippen LogP contribution in [-0.2, 0) is 14.8 Å². The standard InChI is InChI=1S/C16H14ClF3N4O5S/c1-27-15-10(6-9(18)14(23-15)28-4-5-29-16(19)20)24-30(25,26)11-7-21-13-8(11)2-3-12(17)22-13/h2-3,6-7,16,24H,4-5H2,1H3,(H,21,22). The van der Waals surface area contributed by atoms with Crippen LogP contribution >= 0.6 is 11.6 Å². The summed E-state index contributed by atoms with van der Waals surface area (Å²) in [7, 11) is -3.02. The van der Waals surface area contributed by atoms with Crippen molar-refractivity contribution in [1.29, 1.82) is 0 Å². The van der Waals surface area contributed by atoms with Crippen molar-refractivity contribution in [3.63, 3.8) is 0 Å². The van der Waals surface area contributed by atoms with E-state index < -0.39 is 41.5 Å². The second kappa shape index (κ2) is 8.93. The molecule has 0 saturated carbocycles. The number of aromatic amines is 1. The molecule has 0 fully saturated rings. The molecule has 0 amide bonds. The number of rotatable bonds is 9. The van der Waals surface area contributed by atoms with Crippen LogP contribution in [0.1, 0.15) is 0 Å². The number of halogens is 4. The number of aromatic nitrogens is 3. The number of ether oxygens (including phenoxy) is 3. The predicted molar refractivity (Wildman–Crippen MR) is 100 cm³/mol. The van der Waals surface area contributed by atoms with Crippen molar-refractivity contribution in [3.05, 3.63) is 35.4 Å². The Balaban J connectivity index is 1.85. The quantitative estimate of drug-likeness (QED) is 0.367. The number of methoxy groups -OCH3 is 1. The van der Waals surface area contributed by atoms with E-state index in [1.807, 2.05) is 0 Å². The van der Waals surface area contributed by atoms with E-state index in [2.05, 4.69) is 24.4 Å². The summed E-state index contributed by atoms with van der Waals surface area (Å²) in [5, 5.41) is 0.432. The topological polar surface area (TPSA) is 115 Å². The fourth-order valence-electron chi connectivity index (χ4n) is 2.44. The minimum atomic E-state index is -4.20. The van der Waals surface area contributed by atoms with Gasteiger partial charge < -0.3 is 19.2 Å². The minimum Gasteiger partial charge on any atom is -0.479 e. The molecular weight excluding hydrogens is 453 g/mol. The normalized spacial score (nSPS) is 11.8. The molecule has 0 aliphatic heterocycles. The Morgan fingerprint density at radius 1 is 1.23 bits per heavy atom. The number of sulfonamides is 1. The molecule has 3 aromatic heterocycles. The highest BCUT2D eigenvalue weighted by molar-refractivity contribution is 7.93. The SMILES string of the molecule is COc1nc(OCCOC(F)F)c(F)cc1NS(=O)(=O)c1c[nH]c2nc(Cl)ccc12. The zero-order chi connectivity index (χ0) is 21.9. The Labute approximate surface area is 173 Å². The molecule has 30 heavy (non-hydrogen) atoms. The summed E-state index contributed by atoms with van der Waals surface area (Å²) in [6.45, 7) is -3.91. The summed E-state index contributed by atoms with van der Waals surface area (Å²) >= 11 is 5.79. The van der Waals surface area contributed by atoms with Gasteiger partial charge in [0.1, 0.15) is 28.0 Å². The molecule has 0 aliphatic rings. The van der Waals surface area contributed by atoms with Gasteiger partial charge in [-0.25, -0.2) is 17.8 Å². The Kier molecular flexibility index (Phi) is 6.53. The van der Waals surface area contributed by atoms with Crippen molar-refractivity contribution in [1.82, 2.24) is 15.0 Å². The van der Waals surface area contributed by atoms with Crippen LogP contribution in [0.25, 0.3) is 11.0 Å². The second-order valence-corrected chi connectivity index (χ2v) is 7.64. The van der Waals surface area contributed by atoms with E-state index in [0.29, 0.717) is 0 Å². The average Bonchev–Trinajstić information content (AvgIpc) is 3.10. The van der Waals surface area contributed by atoms with Gasteiger partial charge in [0.2, 0.25) is 5.88 Å². The number of hydrogen-bond acceptors (Lipinski definition) is 7. The molecule has 3 rings (SSSR count). The summed E-state index contributed by atoms with van der Waals surface area (Å²) in [5.74, 6) is -1.91. The largest absolute Gasteiger partial charge is 0.479 e. The van der Waals surface area contributed by atoms with E-state index in [0.717, 1.165) is 6.07 Å². The van der Waals surface area contributed by atoms with E-state index in [1.54, 1.807) is 0 Å². The minimum absolute atomic E-state index is 0.159. The molecule has 0 bridgehead atoms. The number of pyridine rings is 2. The first-order valence-corrected chi connectivity index (χ1v) is 10.0. The zero-order valence-electron chi connectivity index (χ0n) is 15.2. The highest BCUT2D eigenvalue weighted by atomic mass is 35.5. The van der Waals surface area contributed by atoms with Gasteiger partial charge in [0, 0.05) is 17.6 Å². The Hall–Kier alpha value is -2.77. The van der Waals surface area contributed by atoms with Gasteiger partial charge in [0.25, 0.3) is 15.9 Å². The molecule has 0 spiro atoms. The van der Waals surface area contributed by atoms with E-state index in [1.165, 1.54) is 25.4 Å². The van der Waals surface area contributed by atoms with Gasteiger partial charge in [-0.3, -0.25) is 4.72 Å². The molecular formula is C16H14ClF3N4O5S. The van der Waals surface area contributed by atoms with Crippen molar-refractivity contribution >= 4 is 38.3 Å². The van der Waals surface area contributed by atoms with Crippen LogP contribution in [-0.4, -0.2) is 50.3 Å². The maximum atomic E-state index is 14.3. The monoisotopic (exact) mass is 466 g/mol. The van der Waals surface area contributed by atoms with Crippen LogP contribution < -0.4 is 14.2 Å². The fraction of sp³-hybridized carbons (Fsp3) is 0.250. The van der Waals surface area contributed by atoms with E-state index in [-0.39, 0.29) is 32.6 Å². The first kappa shape index (κ1) is 21.9. The van der Waals surface area contributed by atoms with Crippen LogP contribution in [0.3, 0.4) is 0 Å². The maximum absolute atomic E-state index is 14.3. The average molecular weight is 467 g/mol. The van der Waals surface area contributed by atoms with Gasteiger partial charge in [0.05, 0.1) is 13.7 Å². The number of hydrogen-bond donors (Lipinski definition) is 2. The van der Waals surface area contributed by atoms with Crippen molar-refractivity contribution < 1.29 is 35.8 Å². The van der Waals surface area contributed by atoms with E-state index in [9.17, 15) is 21.6 Å². The molecule has 0 unspecified atom stereocenters.